The molecule has 4 rings (SSSR count). The third-order valence-electron chi connectivity index (χ3n) is 4.42. The molecule has 1 amide bonds. The van der Waals surface area contributed by atoms with E-state index in [2.05, 4.69) is 15.5 Å². The van der Waals surface area contributed by atoms with Crippen LogP contribution in [0.3, 0.4) is 0 Å². The van der Waals surface area contributed by atoms with Crippen molar-refractivity contribution in [2.45, 2.75) is 36.2 Å². The first-order valence-corrected chi connectivity index (χ1v) is 10.2. The van der Waals surface area contributed by atoms with Gasteiger partial charge in [-0.1, -0.05) is 47.6 Å². The Kier molecular flexibility index (Phi) is 5.37. The lowest BCUT2D eigenvalue weighted by atomic mass is 10.2. The minimum absolute atomic E-state index is 0.0603. The first kappa shape index (κ1) is 19.0. The number of carbonyl (C=O) groups is 1. The van der Waals surface area contributed by atoms with Gasteiger partial charge in [0.05, 0.1) is 16.0 Å². The molecule has 1 heterocycles. The zero-order chi connectivity index (χ0) is 19.7. The molecule has 1 N–H and O–H groups in total. The van der Waals surface area contributed by atoms with Crippen LogP contribution in [-0.4, -0.2) is 32.0 Å². The number of aromatic nitrogens is 3. The zero-order valence-corrected chi connectivity index (χ0v) is 16.7. The second-order valence-electron chi connectivity index (χ2n) is 6.62. The van der Waals surface area contributed by atoms with Crippen molar-refractivity contribution < 1.29 is 9.18 Å². The Hall–Kier alpha value is -2.38. The van der Waals surface area contributed by atoms with E-state index in [0.29, 0.717) is 27.3 Å². The predicted molar refractivity (Wildman–Crippen MR) is 108 cm³/mol. The molecule has 1 fully saturated rings. The van der Waals surface area contributed by atoms with Crippen LogP contribution in [0, 0.1) is 5.82 Å². The number of carbonyl (C=O) groups excluding carboxylic acids is 1. The minimum Gasteiger partial charge on any atom is -0.352 e. The molecule has 1 saturated carbocycles. The van der Waals surface area contributed by atoms with E-state index in [9.17, 15) is 9.18 Å². The predicted octanol–water partition coefficient (Wildman–Crippen LogP) is 4.49. The number of amides is 1. The third kappa shape index (κ3) is 3.91. The van der Waals surface area contributed by atoms with Crippen LogP contribution in [-0.2, 0) is 4.79 Å². The highest BCUT2D eigenvalue weighted by molar-refractivity contribution is 8.00. The van der Waals surface area contributed by atoms with E-state index in [1.807, 2.05) is 12.1 Å². The summed E-state index contributed by atoms with van der Waals surface area (Å²) in [4.78, 5) is 12.4. The Labute approximate surface area is 171 Å². The summed E-state index contributed by atoms with van der Waals surface area (Å²) in [5.74, 6) is -0.0459. The van der Waals surface area contributed by atoms with Gasteiger partial charge in [-0.15, -0.1) is 10.2 Å². The molecule has 0 saturated heterocycles. The fourth-order valence-electron chi connectivity index (χ4n) is 2.77. The molecule has 0 unspecified atom stereocenters. The SMILES string of the molecule is C[C@H](Sc1nnc(-c2ccccc2Cl)n1-c1ccccc1F)C(=O)NC1CC1. The van der Waals surface area contributed by atoms with Gasteiger partial charge in [0.1, 0.15) is 5.82 Å². The van der Waals surface area contributed by atoms with Crippen molar-refractivity contribution in [1.29, 1.82) is 0 Å². The van der Waals surface area contributed by atoms with Gasteiger partial charge in [0.2, 0.25) is 5.91 Å². The molecule has 0 spiro atoms. The van der Waals surface area contributed by atoms with Crippen LogP contribution >= 0.6 is 23.4 Å². The van der Waals surface area contributed by atoms with Crippen molar-refractivity contribution in [2.75, 3.05) is 0 Å². The van der Waals surface area contributed by atoms with E-state index < -0.39 is 11.1 Å². The second kappa shape index (κ2) is 7.93. The van der Waals surface area contributed by atoms with Crippen LogP contribution in [0.15, 0.2) is 53.7 Å². The quantitative estimate of drug-likeness (QED) is 0.601. The molecule has 28 heavy (non-hydrogen) atoms. The van der Waals surface area contributed by atoms with Gasteiger partial charge < -0.3 is 5.32 Å². The van der Waals surface area contributed by atoms with Crippen LogP contribution in [0.2, 0.25) is 5.02 Å². The zero-order valence-electron chi connectivity index (χ0n) is 15.1. The lowest BCUT2D eigenvalue weighted by Crippen LogP contribution is -2.32. The van der Waals surface area contributed by atoms with Gasteiger partial charge in [-0.2, -0.15) is 0 Å². The molecule has 3 aromatic rings. The molecule has 8 heteroatoms. The Balaban J connectivity index is 1.75. The first-order chi connectivity index (χ1) is 13.5. The van der Waals surface area contributed by atoms with Gasteiger partial charge in [-0.3, -0.25) is 9.36 Å². The Morgan fingerprint density at radius 2 is 1.93 bits per heavy atom. The molecular formula is C20H18ClFN4OS. The highest BCUT2D eigenvalue weighted by Crippen LogP contribution is 2.34. The molecule has 0 radical (unpaired) electrons. The van der Waals surface area contributed by atoms with Gasteiger partial charge in [0.15, 0.2) is 11.0 Å². The Morgan fingerprint density at radius 3 is 2.64 bits per heavy atom. The number of nitrogens with one attached hydrogen (secondary N) is 1. The number of rotatable bonds is 6. The van der Waals surface area contributed by atoms with Gasteiger partial charge in [0.25, 0.3) is 0 Å². The number of para-hydroxylation sites is 1. The number of hydrogen-bond donors (Lipinski definition) is 1. The van der Waals surface area contributed by atoms with E-state index in [4.69, 9.17) is 11.6 Å². The topological polar surface area (TPSA) is 59.8 Å². The summed E-state index contributed by atoms with van der Waals surface area (Å²) in [7, 11) is 0. The van der Waals surface area contributed by atoms with Crippen molar-refractivity contribution >= 4 is 29.3 Å². The summed E-state index contributed by atoms with van der Waals surface area (Å²) in [6, 6.07) is 13.9. The van der Waals surface area contributed by atoms with Gasteiger partial charge in [-0.05, 0) is 44.0 Å². The van der Waals surface area contributed by atoms with Crippen molar-refractivity contribution in [3.63, 3.8) is 0 Å². The summed E-state index contributed by atoms with van der Waals surface area (Å²) < 4.78 is 16.2. The highest BCUT2D eigenvalue weighted by Gasteiger charge is 2.28. The Bertz CT molecular complexity index is 1020. The van der Waals surface area contributed by atoms with Crippen LogP contribution in [0.25, 0.3) is 17.1 Å². The monoisotopic (exact) mass is 416 g/mol. The average molecular weight is 417 g/mol. The van der Waals surface area contributed by atoms with Crippen molar-refractivity contribution in [3.05, 3.63) is 59.4 Å². The molecule has 5 nitrogen and oxygen atoms in total. The maximum atomic E-state index is 14.6. The van der Waals surface area contributed by atoms with Gasteiger partial charge >= 0.3 is 0 Å². The molecule has 1 aliphatic rings. The normalized spacial score (nSPS) is 14.7. The summed E-state index contributed by atoms with van der Waals surface area (Å²) in [6.45, 7) is 1.80. The minimum atomic E-state index is -0.410. The van der Waals surface area contributed by atoms with Crippen LogP contribution in [0.4, 0.5) is 4.39 Å². The molecule has 1 aliphatic carbocycles. The smallest absolute Gasteiger partial charge is 0.233 e. The van der Waals surface area contributed by atoms with E-state index in [-0.39, 0.29) is 11.9 Å². The van der Waals surface area contributed by atoms with Crippen LogP contribution < -0.4 is 5.32 Å². The van der Waals surface area contributed by atoms with E-state index >= 15 is 0 Å². The number of hydrogen-bond acceptors (Lipinski definition) is 4. The maximum absolute atomic E-state index is 14.6. The lowest BCUT2D eigenvalue weighted by Gasteiger charge is -2.14. The van der Waals surface area contributed by atoms with E-state index in [1.54, 1.807) is 41.8 Å². The average Bonchev–Trinajstić information content (AvgIpc) is 3.41. The molecule has 0 bridgehead atoms. The molecule has 1 aromatic heterocycles. The molecular weight excluding hydrogens is 399 g/mol. The number of nitrogens with zero attached hydrogens (tertiary/aromatic N) is 3. The fourth-order valence-corrected chi connectivity index (χ4v) is 3.86. The van der Waals surface area contributed by atoms with Crippen LogP contribution in [0.5, 0.6) is 0 Å². The molecule has 144 valence electrons. The van der Waals surface area contributed by atoms with Crippen molar-refractivity contribution in [2.24, 2.45) is 0 Å². The molecule has 0 aliphatic heterocycles. The van der Waals surface area contributed by atoms with E-state index in [0.717, 1.165) is 12.8 Å². The summed E-state index contributed by atoms with van der Waals surface area (Å²) in [6.07, 6.45) is 2.04. The van der Waals surface area contributed by atoms with E-state index in [1.165, 1.54) is 17.8 Å². The summed E-state index contributed by atoms with van der Waals surface area (Å²) in [5, 5.41) is 12.0. The standard InChI is InChI=1S/C20H18ClFN4OS/c1-12(19(27)23-13-10-11-13)28-20-25-24-18(14-6-2-3-7-15(14)21)26(20)17-9-5-4-8-16(17)22/h2-9,12-13H,10-11H2,1H3,(H,23,27)/t12-/m0/s1. The van der Waals surface area contributed by atoms with Gasteiger partial charge in [0, 0.05) is 11.6 Å². The largest absolute Gasteiger partial charge is 0.352 e. The number of benzene rings is 2. The van der Waals surface area contributed by atoms with Gasteiger partial charge in [-0.25, -0.2) is 4.39 Å². The van der Waals surface area contributed by atoms with Crippen molar-refractivity contribution in [3.8, 4) is 17.1 Å². The number of thioether (sulfide) groups is 1. The summed E-state index contributed by atoms with van der Waals surface area (Å²) in [5.41, 5.74) is 0.946. The third-order valence-corrected chi connectivity index (χ3v) is 5.79. The summed E-state index contributed by atoms with van der Waals surface area (Å²) >= 11 is 7.58. The fraction of sp³-hybridized carbons (Fsp3) is 0.250. The lowest BCUT2D eigenvalue weighted by molar-refractivity contribution is -0.120. The highest BCUT2D eigenvalue weighted by atomic mass is 35.5. The second-order valence-corrected chi connectivity index (χ2v) is 8.33. The Morgan fingerprint density at radius 1 is 1.21 bits per heavy atom. The molecule has 2 aromatic carbocycles. The van der Waals surface area contributed by atoms with Crippen LogP contribution in [0.1, 0.15) is 19.8 Å². The maximum Gasteiger partial charge on any atom is 0.233 e. The van der Waals surface area contributed by atoms with Crippen molar-refractivity contribution in [1.82, 2.24) is 20.1 Å². The molecule has 1 atom stereocenters. The number of halogens is 2. The first-order valence-electron chi connectivity index (χ1n) is 8.97.